The predicted molar refractivity (Wildman–Crippen MR) is 66.5 cm³/mol. The molecule has 0 unspecified atom stereocenters. The zero-order valence-corrected chi connectivity index (χ0v) is 11.2. The molecule has 1 saturated carbocycles. The topological polar surface area (TPSA) is 108 Å². The number of H-pyrrole nitrogens is 1. The summed E-state index contributed by atoms with van der Waals surface area (Å²) < 4.78 is 31.8. The molecule has 1 heterocycles. The first-order valence-electron chi connectivity index (χ1n) is 5.98. The number of nitrogens with one attached hydrogen (secondary N) is 2. The fourth-order valence-electron chi connectivity index (χ4n) is 1.97. The van der Waals surface area contributed by atoms with Crippen LogP contribution >= 0.6 is 0 Å². The maximum Gasteiger partial charge on any atom is 0.352 e. The Kier molecular flexibility index (Phi) is 3.93. The van der Waals surface area contributed by atoms with Crippen LogP contribution in [0.5, 0.6) is 0 Å². The third-order valence-electron chi connectivity index (χ3n) is 3.02. The van der Waals surface area contributed by atoms with Crippen LogP contribution in [0.2, 0.25) is 0 Å². The zero-order chi connectivity index (χ0) is 14.0. The zero-order valence-electron chi connectivity index (χ0n) is 10.4. The molecule has 19 heavy (non-hydrogen) atoms. The van der Waals surface area contributed by atoms with E-state index in [9.17, 15) is 13.2 Å². The number of carboxylic acid groups (broad SMARTS) is 1. The van der Waals surface area contributed by atoms with Gasteiger partial charge in [-0.15, -0.1) is 0 Å². The fraction of sp³-hybridized carbons (Fsp3) is 0.545. The minimum absolute atomic E-state index is 0.0650. The second-order valence-electron chi connectivity index (χ2n) is 4.42. The van der Waals surface area contributed by atoms with E-state index in [2.05, 4.69) is 9.71 Å². The molecule has 1 aromatic rings. The quantitative estimate of drug-likeness (QED) is 0.708. The van der Waals surface area contributed by atoms with Crippen molar-refractivity contribution in [2.75, 3.05) is 6.61 Å². The molecule has 0 saturated heterocycles. The molecular formula is C11H16N2O5S. The highest BCUT2D eigenvalue weighted by Crippen LogP contribution is 2.25. The molecule has 0 amide bonds. The van der Waals surface area contributed by atoms with Crippen LogP contribution < -0.4 is 4.72 Å². The van der Waals surface area contributed by atoms with Gasteiger partial charge < -0.3 is 14.8 Å². The van der Waals surface area contributed by atoms with Crippen molar-refractivity contribution in [3.05, 3.63) is 18.0 Å². The van der Waals surface area contributed by atoms with Crippen LogP contribution in [0.15, 0.2) is 17.2 Å². The van der Waals surface area contributed by atoms with E-state index in [0.717, 1.165) is 6.07 Å². The van der Waals surface area contributed by atoms with Crippen molar-refractivity contribution in [3.8, 4) is 0 Å². The standard InChI is InChI=1S/C11H16N2O5S/c1-2-18-8-3-7(4-8)13-19(16,17)9-5-10(11(14)15)12-6-9/h5-8,12-13H,2-4H2,1H3,(H,14,15). The van der Waals surface area contributed by atoms with E-state index < -0.39 is 16.0 Å². The van der Waals surface area contributed by atoms with Crippen molar-refractivity contribution < 1.29 is 23.1 Å². The maximum absolute atomic E-state index is 12.0. The molecule has 1 fully saturated rings. The van der Waals surface area contributed by atoms with E-state index in [4.69, 9.17) is 9.84 Å². The summed E-state index contributed by atoms with van der Waals surface area (Å²) in [4.78, 5) is 13.0. The van der Waals surface area contributed by atoms with E-state index in [-0.39, 0.29) is 22.7 Å². The molecule has 1 aromatic heterocycles. The SMILES string of the molecule is CCOC1CC(NS(=O)(=O)c2c[nH]c(C(=O)O)c2)C1. The average molecular weight is 288 g/mol. The van der Waals surface area contributed by atoms with E-state index in [0.29, 0.717) is 19.4 Å². The first kappa shape index (κ1) is 14.0. The van der Waals surface area contributed by atoms with Crippen LogP contribution in [0.3, 0.4) is 0 Å². The van der Waals surface area contributed by atoms with Gasteiger partial charge in [0.05, 0.1) is 6.10 Å². The normalized spacial score (nSPS) is 23.0. The number of carboxylic acids is 1. The minimum Gasteiger partial charge on any atom is -0.477 e. The lowest BCUT2D eigenvalue weighted by molar-refractivity contribution is -0.00476. The van der Waals surface area contributed by atoms with Crippen LogP contribution in [0.25, 0.3) is 0 Å². The first-order valence-corrected chi connectivity index (χ1v) is 7.46. The number of hydrogen-bond donors (Lipinski definition) is 3. The molecule has 106 valence electrons. The van der Waals surface area contributed by atoms with Crippen molar-refractivity contribution in [2.24, 2.45) is 0 Å². The Balaban J connectivity index is 1.97. The molecule has 0 aromatic carbocycles. The van der Waals surface area contributed by atoms with Crippen LogP contribution in [0.1, 0.15) is 30.3 Å². The van der Waals surface area contributed by atoms with Gasteiger partial charge in [0.2, 0.25) is 10.0 Å². The molecule has 3 N–H and O–H groups in total. The summed E-state index contributed by atoms with van der Waals surface area (Å²) in [6.07, 6.45) is 2.57. The van der Waals surface area contributed by atoms with Crippen LogP contribution in [0.4, 0.5) is 0 Å². The summed E-state index contributed by atoms with van der Waals surface area (Å²) in [5, 5.41) is 8.73. The van der Waals surface area contributed by atoms with Gasteiger partial charge in [-0.3, -0.25) is 0 Å². The van der Waals surface area contributed by atoms with Gasteiger partial charge in [0, 0.05) is 18.8 Å². The maximum atomic E-state index is 12.0. The molecule has 1 aliphatic carbocycles. The van der Waals surface area contributed by atoms with E-state index >= 15 is 0 Å². The third kappa shape index (κ3) is 3.14. The largest absolute Gasteiger partial charge is 0.477 e. The first-order chi connectivity index (χ1) is 8.92. The predicted octanol–water partition coefficient (Wildman–Crippen LogP) is 0.559. The number of aromatic carboxylic acids is 1. The van der Waals surface area contributed by atoms with Crippen molar-refractivity contribution in [1.82, 2.24) is 9.71 Å². The van der Waals surface area contributed by atoms with Crippen molar-refractivity contribution in [3.63, 3.8) is 0 Å². The van der Waals surface area contributed by atoms with Crippen LogP contribution in [-0.4, -0.2) is 43.2 Å². The van der Waals surface area contributed by atoms with Gasteiger partial charge in [-0.25, -0.2) is 17.9 Å². The lowest BCUT2D eigenvalue weighted by atomic mass is 9.90. The highest BCUT2D eigenvalue weighted by atomic mass is 32.2. The van der Waals surface area contributed by atoms with Gasteiger partial charge in [0.25, 0.3) is 0 Å². The Labute approximate surface area is 111 Å². The Morgan fingerprint density at radius 1 is 1.58 bits per heavy atom. The average Bonchev–Trinajstić information content (AvgIpc) is 2.76. The Bertz CT molecular complexity index is 559. The molecule has 0 radical (unpaired) electrons. The monoisotopic (exact) mass is 288 g/mol. The summed E-state index contributed by atoms with van der Waals surface area (Å²) in [5.41, 5.74) is -0.152. The lowest BCUT2D eigenvalue weighted by Gasteiger charge is -2.34. The fourth-order valence-corrected chi connectivity index (χ4v) is 3.23. The van der Waals surface area contributed by atoms with Crippen LogP contribution in [-0.2, 0) is 14.8 Å². The molecular weight excluding hydrogens is 272 g/mol. The molecule has 1 aliphatic rings. The summed E-state index contributed by atoms with van der Waals surface area (Å²) in [6.45, 7) is 2.51. The van der Waals surface area contributed by atoms with Crippen molar-refractivity contribution in [2.45, 2.75) is 36.8 Å². The Hall–Kier alpha value is -1.38. The number of rotatable bonds is 6. The van der Waals surface area contributed by atoms with Gasteiger partial charge in [0.15, 0.2) is 0 Å². The summed E-state index contributed by atoms with van der Waals surface area (Å²) >= 11 is 0. The molecule has 8 heteroatoms. The number of ether oxygens (including phenoxy) is 1. The third-order valence-corrected chi connectivity index (χ3v) is 4.52. The van der Waals surface area contributed by atoms with Gasteiger partial charge >= 0.3 is 5.97 Å². The van der Waals surface area contributed by atoms with E-state index in [1.165, 1.54) is 6.20 Å². The number of hydrogen-bond acceptors (Lipinski definition) is 4. The van der Waals surface area contributed by atoms with Gasteiger partial charge in [-0.05, 0) is 25.8 Å². The molecule has 7 nitrogen and oxygen atoms in total. The van der Waals surface area contributed by atoms with E-state index in [1.807, 2.05) is 6.92 Å². The molecule has 0 atom stereocenters. The number of carbonyl (C=O) groups is 1. The lowest BCUT2D eigenvalue weighted by Crippen LogP contribution is -2.47. The Morgan fingerprint density at radius 3 is 2.79 bits per heavy atom. The number of aromatic nitrogens is 1. The molecule has 0 aliphatic heterocycles. The second-order valence-corrected chi connectivity index (χ2v) is 6.14. The molecule has 0 bridgehead atoms. The number of sulfonamides is 1. The highest BCUT2D eigenvalue weighted by Gasteiger charge is 2.33. The molecule has 0 spiro atoms. The smallest absolute Gasteiger partial charge is 0.352 e. The van der Waals surface area contributed by atoms with Crippen molar-refractivity contribution in [1.29, 1.82) is 0 Å². The van der Waals surface area contributed by atoms with Gasteiger partial charge in [0.1, 0.15) is 10.6 Å². The summed E-state index contributed by atoms with van der Waals surface area (Å²) in [7, 11) is -3.67. The van der Waals surface area contributed by atoms with E-state index in [1.54, 1.807) is 0 Å². The summed E-state index contributed by atoms with van der Waals surface area (Å²) in [5.74, 6) is -1.19. The van der Waals surface area contributed by atoms with Gasteiger partial charge in [-0.1, -0.05) is 0 Å². The highest BCUT2D eigenvalue weighted by molar-refractivity contribution is 7.89. The van der Waals surface area contributed by atoms with Crippen LogP contribution in [0, 0.1) is 0 Å². The Morgan fingerprint density at radius 2 is 2.26 bits per heavy atom. The minimum atomic E-state index is -3.67. The summed E-state index contributed by atoms with van der Waals surface area (Å²) in [6, 6.07) is 0.952. The number of aromatic amines is 1. The van der Waals surface area contributed by atoms with Crippen molar-refractivity contribution >= 4 is 16.0 Å². The second kappa shape index (κ2) is 5.32. The molecule has 2 rings (SSSR count). The van der Waals surface area contributed by atoms with Gasteiger partial charge in [-0.2, -0.15) is 0 Å².